The van der Waals surface area contributed by atoms with Crippen LogP contribution in [0.3, 0.4) is 0 Å². The van der Waals surface area contributed by atoms with Gasteiger partial charge < -0.3 is 25.1 Å². The Hall–Kier alpha value is -2.63. The number of allylic oxidation sites excluding steroid dienone is 1. The van der Waals surface area contributed by atoms with Gasteiger partial charge in [0.2, 0.25) is 0 Å². The zero-order chi connectivity index (χ0) is 24.3. The Kier molecular flexibility index (Phi) is 10.2. The zero-order valence-corrected chi connectivity index (χ0v) is 21.0. The summed E-state index contributed by atoms with van der Waals surface area (Å²) in [4.78, 5) is 16.0. The highest BCUT2D eigenvalue weighted by molar-refractivity contribution is 5.57. The van der Waals surface area contributed by atoms with Gasteiger partial charge in [-0.1, -0.05) is 48.9 Å². The van der Waals surface area contributed by atoms with Gasteiger partial charge >= 0.3 is 0 Å². The minimum absolute atomic E-state index is 0.229. The van der Waals surface area contributed by atoms with Gasteiger partial charge in [-0.3, -0.25) is 0 Å². The minimum atomic E-state index is -0.350. The number of likely N-dealkylation sites (tertiary alicyclic amines) is 1. The third-order valence-corrected chi connectivity index (χ3v) is 6.83. The summed E-state index contributed by atoms with van der Waals surface area (Å²) in [7, 11) is 0. The van der Waals surface area contributed by atoms with E-state index < -0.39 is 0 Å². The maximum atomic E-state index is 10.9. The Balaban J connectivity index is 1.57. The molecule has 2 atom stereocenters. The van der Waals surface area contributed by atoms with Gasteiger partial charge in [-0.25, -0.2) is 0 Å². The van der Waals surface area contributed by atoms with Crippen molar-refractivity contribution in [1.82, 2.24) is 4.90 Å². The summed E-state index contributed by atoms with van der Waals surface area (Å²) in [5.74, 6) is 1.12. The number of anilines is 1. The van der Waals surface area contributed by atoms with Crippen molar-refractivity contribution in [2.24, 2.45) is 11.7 Å². The molecular formula is C29H41N3O2. The summed E-state index contributed by atoms with van der Waals surface area (Å²) in [6, 6.07) is 19.0. The number of benzene rings is 2. The van der Waals surface area contributed by atoms with E-state index in [1.54, 1.807) is 0 Å². The van der Waals surface area contributed by atoms with Crippen molar-refractivity contribution in [3.8, 4) is 5.75 Å². The van der Waals surface area contributed by atoms with Crippen molar-refractivity contribution in [3.63, 3.8) is 0 Å². The van der Waals surface area contributed by atoms with Crippen molar-refractivity contribution in [2.45, 2.75) is 58.7 Å². The van der Waals surface area contributed by atoms with Crippen LogP contribution in [0.25, 0.3) is 0 Å². The van der Waals surface area contributed by atoms with Crippen LogP contribution in [0.5, 0.6) is 5.75 Å². The smallest absolute Gasteiger partial charge is 0.136 e. The molecule has 0 saturated carbocycles. The van der Waals surface area contributed by atoms with E-state index in [2.05, 4.69) is 73.0 Å². The standard InChI is InChI=1S/C29H41N3O2/c1-23(2)13-20-32(27-15-18-31(19-16-27)17-14-24(3)29(30)21-33)26-9-11-28(12-10-26)34-22-25-7-5-4-6-8-25/h4-13,21,24,27,29H,14-20,22,30H2,1-3H3. The van der Waals surface area contributed by atoms with Crippen LogP contribution in [-0.2, 0) is 11.4 Å². The molecule has 3 rings (SSSR count). The average molecular weight is 464 g/mol. The van der Waals surface area contributed by atoms with E-state index in [1.807, 2.05) is 18.2 Å². The molecule has 184 valence electrons. The number of rotatable bonds is 12. The first-order valence-electron chi connectivity index (χ1n) is 12.6. The van der Waals surface area contributed by atoms with Gasteiger partial charge in [0.1, 0.15) is 18.6 Å². The maximum Gasteiger partial charge on any atom is 0.136 e. The van der Waals surface area contributed by atoms with E-state index in [1.165, 1.54) is 16.8 Å². The highest BCUT2D eigenvalue weighted by atomic mass is 16.5. The fourth-order valence-electron chi connectivity index (χ4n) is 4.39. The molecule has 2 aromatic carbocycles. The number of piperidine rings is 1. The van der Waals surface area contributed by atoms with Gasteiger partial charge in [0, 0.05) is 31.4 Å². The first kappa shape index (κ1) is 26.0. The lowest BCUT2D eigenvalue weighted by molar-refractivity contribution is -0.109. The summed E-state index contributed by atoms with van der Waals surface area (Å²) in [5.41, 5.74) is 9.62. The van der Waals surface area contributed by atoms with Crippen LogP contribution in [0, 0.1) is 5.92 Å². The summed E-state index contributed by atoms with van der Waals surface area (Å²) in [6.45, 7) is 11.1. The van der Waals surface area contributed by atoms with Crippen molar-refractivity contribution >= 4 is 12.0 Å². The predicted octanol–water partition coefficient (Wildman–Crippen LogP) is 5.06. The van der Waals surface area contributed by atoms with Crippen LogP contribution >= 0.6 is 0 Å². The van der Waals surface area contributed by atoms with Crippen molar-refractivity contribution in [1.29, 1.82) is 0 Å². The zero-order valence-electron chi connectivity index (χ0n) is 21.0. The summed E-state index contributed by atoms with van der Waals surface area (Å²) < 4.78 is 5.99. The number of ether oxygens (including phenoxy) is 1. The molecule has 1 saturated heterocycles. The van der Waals surface area contributed by atoms with E-state index in [9.17, 15) is 4.79 Å². The Labute approximate surface area is 205 Å². The topological polar surface area (TPSA) is 58.8 Å². The summed E-state index contributed by atoms with van der Waals surface area (Å²) in [5, 5.41) is 0. The quantitative estimate of drug-likeness (QED) is 0.352. The second-order valence-electron chi connectivity index (χ2n) is 9.75. The second-order valence-corrected chi connectivity index (χ2v) is 9.75. The summed E-state index contributed by atoms with van der Waals surface area (Å²) in [6.07, 6.45) is 6.43. The highest BCUT2D eigenvalue weighted by Gasteiger charge is 2.25. The lowest BCUT2D eigenvalue weighted by Gasteiger charge is -2.40. The predicted molar refractivity (Wildman–Crippen MR) is 141 cm³/mol. The molecule has 0 bridgehead atoms. The lowest BCUT2D eigenvalue weighted by Crippen LogP contribution is -2.46. The molecule has 5 nitrogen and oxygen atoms in total. The largest absolute Gasteiger partial charge is 0.489 e. The van der Waals surface area contributed by atoms with Gasteiger partial charge in [0.15, 0.2) is 0 Å². The SMILES string of the molecule is CC(C)=CCN(c1ccc(OCc2ccccc2)cc1)C1CCN(CCC(C)C(N)C=O)CC1. The Morgan fingerprint density at radius 2 is 1.79 bits per heavy atom. The maximum absolute atomic E-state index is 10.9. The molecular weight excluding hydrogens is 422 g/mol. The van der Waals surface area contributed by atoms with Gasteiger partial charge in [-0.15, -0.1) is 0 Å². The van der Waals surface area contributed by atoms with Crippen molar-refractivity contribution in [2.75, 3.05) is 31.1 Å². The monoisotopic (exact) mass is 463 g/mol. The van der Waals surface area contributed by atoms with Gasteiger partial charge in [0.25, 0.3) is 0 Å². The fourth-order valence-corrected chi connectivity index (χ4v) is 4.39. The van der Waals surface area contributed by atoms with Crippen LogP contribution < -0.4 is 15.4 Å². The number of hydrogen-bond acceptors (Lipinski definition) is 5. The van der Waals surface area contributed by atoms with E-state index in [4.69, 9.17) is 10.5 Å². The van der Waals surface area contributed by atoms with Crippen LogP contribution in [0.1, 0.15) is 45.6 Å². The van der Waals surface area contributed by atoms with Crippen molar-refractivity contribution in [3.05, 3.63) is 71.8 Å². The Bertz CT molecular complexity index is 885. The van der Waals surface area contributed by atoms with Crippen LogP contribution in [0.2, 0.25) is 0 Å². The summed E-state index contributed by atoms with van der Waals surface area (Å²) >= 11 is 0. The molecule has 1 aliphatic heterocycles. The highest BCUT2D eigenvalue weighted by Crippen LogP contribution is 2.27. The normalized spacial score (nSPS) is 16.5. The van der Waals surface area contributed by atoms with E-state index in [0.717, 1.165) is 57.5 Å². The van der Waals surface area contributed by atoms with E-state index in [0.29, 0.717) is 12.6 Å². The van der Waals surface area contributed by atoms with Crippen LogP contribution in [0.15, 0.2) is 66.2 Å². The molecule has 0 aromatic heterocycles. The van der Waals surface area contributed by atoms with Gasteiger partial charge in [-0.05, 0) is 75.4 Å². The van der Waals surface area contributed by atoms with Crippen LogP contribution in [-0.4, -0.2) is 49.4 Å². The first-order chi connectivity index (χ1) is 16.5. The minimum Gasteiger partial charge on any atom is -0.489 e. The Morgan fingerprint density at radius 3 is 2.41 bits per heavy atom. The number of aldehydes is 1. The number of hydrogen-bond donors (Lipinski definition) is 1. The first-order valence-corrected chi connectivity index (χ1v) is 12.6. The molecule has 0 amide bonds. The second kappa shape index (κ2) is 13.3. The number of nitrogens with two attached hydrogens (primary N) is 1. The molecule has 2 N–H and O–H groups in total. The molecule has 2 unspecified atom stereocenters. The molecule has 1 aliphatic rings. The molecule has 1 heterocycles. The molecule has 5 heteroatoms. The molecule has 0 aliphatic carbocycles. The number of carbonyl (C=O) groups excluding carboxylic acids is 1. The molecule has 0 radical (unpaired) electrons. The van der Waals surface area contributed by atoms with Crippen LogP contribution in [0.4, 0.5) is 5.69 Å². The van der Waals surface area contributed by atoms with Crippen molar-refractivity contribution < 1.29 is 9.53 Å². The third-order valence-electron chi connectivity index (χ3n) is 6.83. The van der Waals surface area contributed by atoms with Gasteiger partial charge in [-0.2, -0.15) is 0 Å². The Morgan fingerprint density at radius 1 is 1.12 bits per heavy atom. The molecule has 34 heavy (non-hydrogen) atoms. The number of carbonyl (C=O) groups is 1. The van der Waals surface area contributed by atoms with E-state index in [-0.39, 0.29) is 12.0 Å². The lowest BCUT2D eigenvalue weighted by atomic mass is 9.98. The third kappa shape index (κ3) is 8.00. The number of nitrogens with zero attached hydrogens (tertiary/aromatic N) is 2. The molecule has 1 fully saturated rings. The van der Waals surface area contributed by atoms with Gasteiger partial charge in [0.05, 0.1) is 6.04 Å². The molecule has 2 aromatic rings. The average Bonchev–Trinajstić information content (AvgIpc) is 2.87. The molecule has 0 spiro atoms. The fraction of sp³-hybridized carbons (Fsp3) is 0.483. The van der Waals surface area contributed by atoms with E-state index >= 15 is 0 Å².